The van der Waals surface area contributed by atoms with Crippen LogP contribution in [0.4, 0.5) is 0 Å². The van der Waals surface area contributed by atoms with Gasteiger partial charge in [-0.25, -0.2) is 0 Å². The fourth-order valence-electron chi connectivity index (χ4n) is 1.05. The molecule has 0 saturated heterocycles. The van der Waals surface area contributed by atoms with E-state index in [1.54, 1.807) is 0 Å². The summed E-state index contributed by atoms with van der Waals surface area (Å²) in [5, 5.41) is 30.3. The van der Waals surface area contributed by atoms with E-state index in [0.29, 0.717) is 12.8 Å². The molecule has 0 fully saturated rings. The first-order valence-electron chi connectivity index (χ1n) is 6.87. The molecule has 0 aromatic heterocycles. The molecule has 0 aliphatic carbocycles. The molecule has 0 radical (unpaired) electrons. The van der Waals surface area contributed by atoms with Crippen molar-refractivity contribution in [2.24, 2.45) is 0 Å². The third kappa shape index (κ3) is 65.5. The van der Waals surface area contributed by atoms with E-state index in [1.807, 2.05) is 0 Å². The van der Waals surface area contributed by atoms with Gasteiger partial charge in [0, 0.05) is 53.3 Å². The van der Waals surface area contributed by atoms with E-state index in [2.05, 4.69) is 13.8 Å². The van der Waals surface area contributed by atoms with Crippen molar-refractivity contribution in [2.45, 2.75) is 65.2 Å². The molecule has 7 heteroatoms. The Kier molecular flexibility index (Phi) is 57.0. The molecule has 0 bridgehead atoms. The van der Waals surface area contributed by atoms with Crippen LogP contribution in [-0.4, -0.2) is 46.6 Å². The van der Waals surface area contributed by atoms with E-state index in [9.17, 15) is 9.59 Å². The van der Waals surface area contributed by atoms with Gasteiger partial charge in [-0.15, -0.1) is 0 Å². The van der Waals surface area contributed by atoms with Crippen LogP contribution in [-0.2, 0) is 35.8 Å². The third-order valence-electron chi connectivity index (χ3n) is 1.99. The Labute approximate surface area is 147 Å². The normalized spacial score (nSPS) is 7.52. The van der Waals surface area contributed by atoms with Gasteiger partial charge in [0.25, 0.3) is 0 Å². The molecular formula is C14H32O6Zr. The standard InChI is InChI=1S/2C6H12O2.2CH4O.Zr/c2*1-2-3-4-5-6(7)8;2*1-2;/h2*2-5H2,1H3,(H,7,8);2*2H,1H3;. The summed E-state index contributed by atoms with van der Waals surface area (Å²) in [4.78, 5) is 19.7. The van der Waals surface area contributed by atoms with Gasteiger partial charge < -0.3 is 20.4 Å². The minimum absolute atomic E-state index is 0. The van der Waals surface area contributed by atoms with Crippen molar-refractivity contribution in [2.75, 3.05) is 14.2 Å². The van der Waals surface area contributed by atoms with E-state index in [4.69, 9.17) is 20.4 Å². The van der Waals surface area contributed by atoms with Crippen LogP contribution in [0.2, 0.25) is 0 Å². The first-order valence-corrected chi connectivity index (χ1v) is 6.87. The summed E-state index contributed by atoms with van der Waals surface area (Å²) in [6, 6.07) is 0. The predicted molar refractivity (Wildman–Crippen MR) is 79.8 cm³/mol. The minimum Gasteiger partial charge on any atom is -0.481 e. The number of aliphatic carboxylic acids is 2. The largest absolute Gasteiger partial charge is 0.481 e. The monoisotopic (exact) mass is 386 g/mol. The van der Waals surface area contributed by atoms with E-state index >= 15 is 0 Å². The van der Waals surface area contributed by atoms with Gasteiger partial charge in [-0.3, -0.25) is 9.59 Å². The van der Waals surface area contributed by atoms with Crippen LogP contribution in [0.25, 0.3) is 0 Å². The molecule has 0 aromatic rings. The van der Waals surface area contributed by atoms with Gasteiger partial charge in [-0.2, -0.15) is 0 Å². The van der Waals surface area contributed by atoms with Crippen LogP contribution >= 0.6 is 0 Å². The molecule has 21 heavy (non-hydrogen) atoms. The van der Waals surface area contributed by atoms with Crippen molar-refractivity contribution >= 4 is 11.9 Å². The van der Waals surface area contributed by atoms with Gasteiger partial charge in [0.2, 0.25) is 0 Å². The molecule has 0 aliphatic heterocycles. The number of hydrogen-bond acceptors (Lipinski definition) is 4. The predicted octanol–water partition coefficient (Wildman–Crippen LogP) is 2.52. The second kappa shape index (κ2) is 36.7. The summed E-state index contributed by atoms with van der Waals surface area (Å²) in [7, 11) is 2.00. The van der Waals surface area contributed by atoms with Gasteiger partial charge in [-0.05, 0) is 12.8 Å². The van der Waals surface area contributed by atoms with Crippen LogP contribution in [0.5, 0.6) is 0 Å². The maximum absolute atomic E-state index is 9.87. The van der Waals surface area contributed by atoms with Crippen molar-refractivity contribution in [3.8, 4) is 0 Å². The number of aliphatic hydroxyl groups is 2. The second-order valence-electron chi connectivity index (χ2n) is 3.70. The molecule has 0 unspecified atom stereocenters. The first-order chi connectivity index (χ1) is 9.54. The second-order valence-corrected chi connectivity index (χ2v) is 3.70. The number of aliphatic hydroxyl groups excluding tert-OH is 2. The zero-order chi connectivity index (χ0) is 16.8. The van der Waals surface area contributed by atoms with Crippen LogP contribution < -0.4 is 0 Å². The van der Waals surface area contributed by atoms with Gasteiger partial charge >= 0.3 is 11.9 Å². The maximum Gasteiger partial charge on any atom is 0.303 e. The van der Waals surface area contributed by atoms with Gasteiger partial charge in [0.15, 0.2) is 0 Å². The molecule has 0 heterocycles. The molecule has 0 aliphatic rings. The average molecular weight is 388 g/mol. The molecule has 0 atom stereocenters. The number of carboxylic acid groups (broad SMARTS) is 2. The fourth-order valence-corrected chi connectivity index (χ4v) is 1.05. The van der Waals surface area contributed by atoms with E-state index in [1.165, 1.54) is 0 Å². The molecule has 4 N–H and O–H groups in total. The van der Waals surface area contributed by atoms with Crippen LogP contribution in [0.1, 0.15) is 65.2 Å². The summed E-state index contributed by atoms with van der Waals surface area (Å²) in [6.07, 6.45) is 6.55. The summed E-state index contributed by atoms with van der Waals surface area (Å²) in [5.74, 6) is -1.36. The van der Waals surface area contributed by atoms with Gasteiger partial charge in [0.05, 0.1) is 0 Å². The Bertz CT molecular complexity index is 168. The molecule has 128 valence electrons. The summed E-state index contributed by atoms with van der Waals surface area (Å²) < 4.78 is 0. The Morgan fingerprint density at radius 1 is 0.667 bits per heavy atom. The summed E-state index contributed by atoms with van der Waals surface area (Å²) in [6.45, 7) is 4.11. The van der Waals surface area contributed by atoms with Crippen LogP contribution in [0.15, 0.2) is 0 Å². The van der Waals surface area contributed by atoms with Crippen molar-refractivity contribution < 1.29 is 56.2 Å². The van der Waals surface area contributed by atoms with E-state index < -0.39 is 11.9 Å². The number of unbranched alkanes of at least 4 members (excludes halogenated alkanes) is 4. The minimum atomic E-state index is -0.682. The number of carbonyl (C=O) groups is 2. The smallest absolute Gasteiger partial charge is 0.303 e. The van der Waals surface area contributed by atoms with Crippen LogP contribution in [0, 0.1) is 0 Å². The van der Waals surface area contributed by atoms with Gasteiger partial charge in [0.1, 0.15) is 0 Å². The third-order valence-corrected chi connectivity index (χ3v) is 1.99. The number of rotatable bonds is 8. The Hall–Kier alpha value is -0.257. The topological polar surface area (TPSA) is 115 Å². The first kappa shape index (κ1) is 32.6. The number of carboxylic acids is 2. The Morgan fingerprint density at radius 2 is 0.905 bits per heavy atom. The van der Waals surface area contributed by atoms with Gasteiger partial charge in [-0.1, -0.05) is 39.5 Å². The van der Waals surface area contributed by atoms with Crippen LogP contribution in [0.3, 0.4) is 0 Å². The fraction of sp³-hybridized carbons (Fsp3) is 0.857. The summed E-state index contributed by atoms with van der Waals surface area (Å²) in [5.41, 5.74) is 0. The molecule has 0 aromatic carbocycles. The zero-order valence-corrected chi connectivity index (χ0v) is 16.2. The van der Waals surface area contributed by atoms with Crippen molar-refractivity contribution in [1.29, 1.82) is 0 Å². The van der Waals surface area contributed by atoms with E-state index in [0.717, 1.165) is 52.7 Å². The Balaban J connectivity index is -0.0000000630. The molecular weight excluding hydrogens is 355 g/mol. The van der Waals surface area contributed by atoms with Crippen molar-refractivity contribution in [3.63, 3.8) is 0 Å². The zero-order valence-electron chi connectivity index (χ0n) is 13.8. The quantitative estimate of drug-likeness (QED) is 0.476. The molecule has 6 nitrogen and oxygen atoms in total. The Morgan fingerprint density at radius 3 is 1.05 bits per heavy atom. The molecule has 0 amide bonds. The molecule has 0 spiro atoms. The van der Waals surface area contributed by atoms with E-state index in [-0.39, 0.29) is 26.2 Å². The average Bonchev–Trinajstić information content (AvgIpc) is 2.44. The SMILES string of the molecule is CCCCCC(=O)O.CCCCCC(=O)O.CO.CO.[Zr]. The molecule has 0 rings (SSSR count). The van der Waals surface area contributed by atoms with Crippen molar-refractivity contribution in [1.82, 2.24) is 0 Å². The summed E-state index contributed by atoms with van der Waals surface area (Å²) >= 11 is 0. The molecule has 0 saturated carbocycles. The maximum atomic E-state index is 9.87. The van der Waals surface area contributed by atoms with Crippen molar-refractivity contribution in [3.05, 3.63) is 0 Å². The number of hydrogen-bond donors (Lipinski definition) is 4.